The van der Waals surface area contributed by atoms with Gasteiger partial charge in [-0.25, -0.2) is 4.79 Å². The maximum absolute atomic E-state index is 11.8. The number of nitrogens with zero attached hydrogens (tertiary/aromatic N) is 1. The molecule has 2 aliphatic heterocycles. The molecule has 1 amide bonds. The van der Waals surface area contributed by atoms with Crippen LogP contribution < -0.4 is 0 Å². The van der Waals surface area contributed by atoms with E-state index in [2.05, 4.69) is 0 Å². The average molecular weight is 233 g/mol. The van der Waals surface area contributed by atoms with Crippen LogP contribution in [-0.4, -0.2) is 36.3 Å². The van der Waals surface area contributed by atoms with Crippen LogP contribution in [0.2, 0.25) is 0 Å². The molecule has 4 nitrogen and oxygen atoms in total. The molecular formula is C13H15NO3. The average Bonchev–Trinajstić information content (AvgIpc) is 3.15. The van der Waals surface area contributed by atoms with Crippen molar-refractivity contribution >= 4 is 6.09 Å². The molecule has 0 saturated carbocycles. The summed E-state index contributed by atoms with van der Waals surface area (Å²) in [5.74, 6) is 0. The molecule has 90 valence electrons. The van der Waals surface area contributed by atoms with Gasteiger partial charge in [-0.1, -0.05) is 30.3 Å². The first-order valence-electron chi connectivity index (χ1n) is 5.94. The van der Waals surface area contributed by atoms with E-state index in [4.69, 9.17) is 9.47 Å². The molecule has 1 aromatic carbocycles. The van der Waals surface area contributed by atoms with Crippen LogP contribution in [0.15, 0.2) is 30.3 Å². The minimum atomic E-state index is -0.234. The third-order valence-electron chi connectivity index (χ3n) is 3.23. The quantitative estimate of drug-likeness (QED) is 0.731. The number of epoxide rings is 1. The molecule has 2 aliphatic rings. The summed E-state index contributed by atoms with van der Waals surface area (Å²) in [4.78, 5) is 13.5. The third kappa shape index (κ3) is 2.42. The Labute approximate surface area is 100 Å². The fourth-order valence-electron chi connectivity index (χ4n) is 2.16. The van der Waals surface area contributed by atoms with Gasteiger partial charge in [0, 0.05) is 6.54 Å². The van der Waals surface area contributed by atoms with Crippen molar-refractivity contribution in [2.75, 3.05) is 13.1 Å². The van der Waals surface area contributed by atoms with Crippen molar-refractivity contribution < 1.29 is 14.3 Å². The SMILES string of the molecule is O=C(OCc1ccccc1)N1CC[C@@H]2O[C@H]2C1. The van der Waals surface area contributed by atoms with Gasteiger partial charge in [0.25, 0.3) is 0 Å². The zero-order chi connectivity index (χ0) is 11.7. The van der Waals surface area contributed by atoms with Crippen LogP contribution in [-0.2, 0) is 16.1 Å². The first kappa shape index (κ1) is 10.6. The van der Waals surface area contributed by atoms with Gasteiger partial charge in [0.05, 0.1) is 12.6 Å². The Morgan fingerprint density at radius 2 is 2.18 bits per heavy atom. The van der Waals surface area contributed by atoms with E-state index in [0.717, 1.165) is 18.5 Å². The molecule has 2 saturated heterocycles. The number of benzene rings is 1. The second-order valence-corrected chi connectivity index (χ2v) is 4.49. The molecule has 4 heteroatoms. The van der Waals surface area contributed by atoms with E-state index < -0.39 is 0 Å². The van der Waals surface area contributed by atoms with E-state index in [1.165, 1.54) is 0 Å². The molecule has 17 heavy (non-hydrogen) atoms. The molecule has 0 bridgehead atoms. The zero-order valence-corrected chi connectivity index (χ0v) is 9.54. The second-order valence-electron chi connectivity index (χ2n) is 4.49. The summed E-state index contributed by atoms with van der Waals surface area (Å²) in [7, 11) is 0. The zero-order valence-electron chi connectivity index (χ0n) is 9.54. The van der Waals surface area contributed by atoms with Gasteiger partial charge in [-0.05, 0) is 12.0 Å². The standard InChI is InChI=1S/C13H15NO3/c15-13(14-7-6-11-12(8-14)17-11)16-9-10-4-2-1-3-5-10/h1-5,11-12H,6-9H2/t11-,12-/m0/s1. The molecule has 0 aromatic heterocycles. The molecule has 0 N–H and O–H groups in total. The number of likely N-dealkylation sites (tertiary alicyclic amines) is 1. The number of amides is 1. The van der Waals surface area contributed by atoms with Gasteiger partial charge in [0.2, 0.25) is 0 Å². The van der Waals surface area contributed by atoms with E-state index in [1.54, 1.807) is 4.90 Å². The molecule has 2 heterocycles. The van der Waals surface area contributed by atoms with Crippen molar-refractivity contribution in [2.24, 2.45) is 0 Å². The third-order valence-corrected chi connectivity index (χ3v) is 3.23. The maximum Gasteiger partial charge on any atom is 0.410 e. The number of carbonyl (C=O) groups is 1. The van der Waals surface area contributed by atoms with E-state index in [0.29, 0.717) is 19.3 Å². The Hall–Kier alpha value is -1.55. The number of fused-ring (bicyclic) bond motifs is 1. The fraction of sp³-hybridized carbons (Fsp3) is 0.462. The Morgan fingerprint density at radius 1 is 1.35 bits per heavy atom. The number of hydrogen-bond acceptors (Lipinski definition) is 3. The topological polar surface area (TPSA) is 42.1 Å². The van der Waals surface area contributed by atoms with Crippen molar-refractivity contribution in [1.29, 1.82) is 0 Å². The molecular weight excluding hydrogens is 218 g/mol. The number of hydrogen-bond donors (Lipinski definition) is 0. The molecule has 0 aliphatic carbocycles. The highest BCUT2D eigenvalue weighted by Crippen LogP contribution is 2.30. The first-order chi connectivity index (χ1) is 8.33. The summed E-state index contributed by atoms with van der Waals surface area (Å²) < 4.78 is 10.6. The van der Waals surface area contributed by atoms with Crippen LogP contribution in [0, 0.1) is 0 Å². The van der Waals surface area contributed by atoms with Gasteiger partial charge in [-0.2, -0.15) is 0 Å². The second kappa shape index (κ2) is 4.37. The summed E-state index contributed by atoms with van der Waals surface area (Å²) in [5.41, 5.74) is 1.01. The first-order valence-corrected chi connectivity index (χ1v) is 5.94. The minimum absolute atomic E-state index is 0.234. The predicted molar refractivity (Wildman–Crippen MR) is 61.5 cm³/mol. The largest absolute Gasteiger partial charge is 0.445 e. The van der Waals surface area contributed by atoms with Crippen LogP contribution in [0.25, 0.3) is 0 Å². The highest BCUT2D eigenvalue weighted by atomic mass is 16.6. The number of piperidine rings is 1. The lowest BCUT2D eigenvalue weighted by molar-refractivity contribution is 0.0921. The summed E-state index contributed by atoms with van der Waals surface area (Å²) in [6, 6.07) is 9.72. The van der Waals surface area contributed by atoms with Gasteiger partial charge < -0.3 is 14.4 Å². The summed E-state index contributed by atoms with van der Waals surface area (Å²) >= 11 is 0. The highest BCUT2D eigenvalue weighted by Gasteiger charge is 2.44. The van der Waals surface area contributed by atoms with Crippen molar-refractivity contribution in [3.8, 4) is 0 Å². The maximum atomic E-state index is 11.8. The highest BCUT2D eigenvalue weighted by molar-refractivity contribution is 5.68. The molecule has 2 fully saturated rings. The van der Waals surface area contributed by atoms with Crippen molar-refractivity contribution in [1.82, 2.24) is 4.90 Å². The molecule has 2 atom stereocenters. The van der Waals surface area contributed by atoms with Crippen molar-refractivity contribution in [2.45, 2.75) is 25.2 Å². The lowest BCUT2D eigenvalue weighted by atomic mass is 10.1. The lowest BCUT2D eigenvalue weighted by Crippen LogP contribution is -2.39. The van der Waals surface area contributed by atoms with E-state index in [-0.39, 0.29) is 12.2 Å². The van der Waals surface area contributed by atoms with Gasteiger partial charge in [-0.15, -0.1) is 0 Å². The molecule has 0 unspecified atom stereocenters. The molecule has 1 aromatic rings. The monoisotopic (exact) mass is 233 g/mol. The molecule has 3 rings (SSSR count). The normalized spacial score (nSPS) is 26.2. The van der Waals surface area contributed by atoms with Gasteiger partial charge in [-0.3, -0.25) is 0 Å². The van der Waals surface area contributed by atoms with Gasteiger partial charge in [0.1, 0.15) is 12.7 Å². The Bertz CT molecular complexity index is 406. The van der Waals surface area contributed by atoms with Crippen molar-refractivity contribution in [3.63, 3.8) is 0 Å². The minimum Gasteiger partial charge on any atom is -0.445 e. The van der Waals surface area contributed by atoms with Crippen LogP contribution in [0.1, 0.15) is 12.0 Å². The molecule has 0 radical (unpaired) electrons. The number of rotatable bonds is 2. The van der Waals surface area contributed by atoms with Crippen LogP contribution in [0.3, 0.4) is 0 Å². The van der Waals surface area contributed by atoms with Crippen molar-refractivity contribution in [3.05, 3.63) is 35.9 Å². The summed E-state index contributed by atoms with van der Waals surface area (Å²) in [5, 5.41) is 0. The van der Waals surface area contributed by atoms with Crippen LogP contribution in [0.4, 0.5) is 4.79 Å². The lowest BCUT2D eigenvalue weighted by Gasteiger charge is -2.23. The Morgan fingerprint density at radius 3 is 2.94 bits per heavy atom. The van der Waals surface area contributed by atoms with Crippen LogP contribution >= 0.6 is 0 Å². The number of ether oxygens (including phenoxy) is 2. The smallest absolute Gasteiger partial charge is 0.410 e. The summed E-state index contributed by atoms with van der Waals surface area (Å²) in [6.07, 6.45) is 1.36. The van der Waals surface area contributed by atoms with E-state index in [1.807, 2.05) is 30.3 Å². The van der Waals surface area contributed by atoms with Gasteiger partial charge >= 0.3 is 6.09 Å². The van der Waals surface area contributed by atoms with Gasteiger partial charge in [0.15, 0.2) is 0 Å². The van der Waals surface area contributed by atoms with Crippen LogP contribution in [0.5, 0.6) is 0 Å². The van der Waals surface area contributed by atoms with E-state index >= 15 is 0 Å². The summed E-state index contributed by atoms with van der Waals surface area (Å²) in [6.45, 7) is 1.76. The Kier molecular flexibility index (Phi) is 2.73. The predicted octanol–water partition coefficient (Wildman–Crippen LogP) is 1.80. The fourth-order valence-corrected chi connectivity index (χ4v) is 2.16. The molecule has 0 spiro atoms. The Balaban J connectivity index is 1.50. The van der Waals surface area contributed by atoms with E-state index in [9.17, 15) is 4.79 Å². The number of carbonyl (C=O) groups excluding carboxylic acids is 1.